The second-order valence-electron chi connectivity index (χ2n) is 8.06. The van der Waals surface area contributed by atoms with Gasteiger partial charge in [-0.1, -0.05) is 30.3 Å². The van der Waals surface area contributed by atoms with Gasteiger partial charge in [0.1, 0.15) is 17.9 Å². The predicted molar refractivity (Wildman–Crippen MR) is 110 cm³/mol. The molecular formula is C22H30N2O6. The van der Waals surface area contributed by atoms with Crippen molar-refractivity contribution in [1.82, 2.24) is 10.2 Å². The van der Waals surface area contributed by atoms with E-state index < -0.39 is 17.7 Å². The maximum Gasteiger partial charge on any atom is 0.412 e. The summed E-state index contributed by atoms with van der Waals surface area (Å²) in [6.07, 6.45) is 1.87. The Hall–Kier alpha value is -3.03. The van der Waals surface area contributed by atoms with Crippen LogP contribution in [0.15, 0.2) is 42.1 Å². The van der Waals surface area contributed by atoms with Gasteiger partial charge in [-0.3, -0.25) is 5.32 Å². The lowest BCUT2D eigenvalue weighted by molar-refractivity contribution is -0.136. The summed E-state index contributed by atoms with van der Waals surface area (Å²) in [5, 5.41) is 2.47. The molecule has 8 nitrogen and oxygen atoms in total. The summed E-state index contributed by atoms with van der Waals surface area (Å²) in [5.74, 6) is -0.645. The van der Waals surface area contributed by atoms with E-state index in [-0.39, 0.29) is 24.3 Å². The number of hydrogen-bond donors (Lipinski definition) is 1. The van der Waals surface area contributed by atoms with Gasteiger partial charge in [0.25, 0.3) is 0 Å². The molecule has 0 spiro atoms. The largest absolute Gasteiger partial charge is 0.464 e. The molecule has 1 saturated heterocycles. The van der Waals surface area contributed by atoms with Crippen molar-refractivity contribution in [3.8, 4) is 0 Å². The van der Waals surface area contributed by atoms with Crippen LogP contribution < -0.4 is 5.32 Å². The average Bonchev–Trinajstić information content (AvgIpc) is 2.71. The SMILES string of the molecule is COC(=O)C(=CC1CCN(C(=O)OC(C)(C)C)CC1)NC(=O)OCc1ccccc1. The molecule has 0 aromatic heterocycles. The summed E-state index contributed by atoms with van der Waals surface area (Å²) >= 11 is 0. The predicted octanol–water partition coefficient (Wildman–Crippen LogP) is 3.62. The van der Waals surface area contributed by atoms with Crippen LogP contribution in [0.3, 0.4) is 0 Å². The minimum absolute atomic E-state index is 0.00668. The molecule has 0 radical (unpaired) electrons. The topological polar surface area (TPSA) is 94.2 Å². The van der Waals surface area contributed by atoms with Crippen molar-refractivity contribution < 1.29 is 28.6 Å². The Bertz CT molecular complexity index is 762. The van der Waals surface area contributed by atoms with Crippen LogP contribution in [0, 0.1) is 5.92 Å². The van der Waals surface area contributed by atoms with E-state index in [1.807, 2.05) is 51.1 Å². The number of amides is 2. The van der Waals surface area contributed by atoms with Crippen LogP contribution in [-0.4, -0.2) is 48.9 Å². The number of rotatable bonds is 5. The van der Waals surface area contributed by atoms with Crippen molar-refractivity contribution in [1.29, 1.82) is 0 Å². The molecule has 0 unspecified atom stereocenters. The van der Waals surface area contributed by atoms with E-state index in [9.17, 15) is 14.4 Å². The van der Waals surface area contributed by atoms with Crippen molar-refractivity contribution >= 4 is 18.2 Å². The van der Waals surface area contributed by atoms with E-state index in [4.69, 9.17) is 14.2 Å². The number of methoxy groups -OCH3 is 1. The van der Waals surface area contributed by atoms with Crippen LogP contribution in [0.25, 0.3) is 0 Å². The van der Waals surface area contributed by atoms with Gasteiger partial charge in [0.05, 0.1) is 7.11 Å². The first-order valence-corrected chi connectivity index (χ1v) is 9.93. The number of nitrogens with zero attached hydrogens (tertiary/aromatic N) is 1. The normalized spacial score (nSPS) is 15.3. The molecule has 2 rings (SSSR count). The molecule has 8 heteroatoms. The van der Waals surface area contributed by atoms with Gasteiger partial charge in [-0.05, 0) is 51.2 Å². The standard InChI is InChI=1S/C22H30N2O6/c1-22(2,3)30-21(27)24-12-10-16(11-13-24)14-18(19(25)28-4)23-20(26)29-15-17-8-6-5-7-9-17/h5-9,14,16H,10-13,15H2,1-4H3,(H,23,26). The molecule has 1 aromatic rings. The lowest BCUT2D eigenvalue weighted by Crippen LogP contribution is -2.41. The Morgan fingerprint density at radius 2 is 1.77 bits per heavy atom. The quantitative estimate of drug-likeness (QED) is 0.446. The van der Waals surface area contributed by atoms with Crippen LogP contribution in [0.2, 0.25) is 0 Å². The fourth-order valence-corrected chi connectivity index (χ4v) is 2.95. The van der Waals surface area contributed by atoms with Gasteiger partial charge in [0.2, 0.25) is 0 Å². The number of ether oxygens (including phenoxy) is 3. The zero-order chi connectivity index (χ0) is 22.1. The molecule has 30 heavy (non-hydrogen) atoms. The highest BCUT2D eigenvalue weighted by Gasteiger charge is 2.27. The Morgan fingerprint density at radius 1 is 1.13 bits per heavy atom. The first-order valence-electron chi connectivity index (χ1n) is 9.93. The first-order chi connectivity index (χ1) is 14.2. The molecule has 1 aromatic carbocycles. The number of carbonyl (C=O) groups excluding carboxylic acids is 3. The van der Waals surface area contributed by atoms with E-state index in [1.165, 1.54) is 7.11 Å². The van der Waals surface area contributed by atoms with Gasteiger partial charge in [-0.15, -0.1) is 0 Å². The number of likely N-dealkylation sites (tertiary alicyclic amines) is 1. The van der Waals surface area contributed by atoms with Gasteiger partial charge in [-0.2, -0.15) is 0 Å². The zero-order valence-corrected chi connectivity index (χ0v) is 18.0. The van der Waals surface area contributed by atoms with Crippen LogP contribution >= 0.6 is 0 Å². The van der Waals surface area contributed by atoms with Gasteiger partial charge in [0.15, 0.2) is 0 Å². The molecule has 1 N–H and O–H groups in total. The second kappa shape index (κ2) is 10.7. The van der Waals surface area contributed by atoms with Crippen molar-refractivity contribution in [2.45, 2.75) is 45.8 Å². The maximum atomic E-state index is 12.2. The molecular weight excluding hydrogens is 388 g/mol. The lowest BCUT2D eigenvalue weighted by atomic mass is 9.96. The second-order valence-corrected chi connectivity index (χ2v) is 8.06. The van der Waals surface area contributed by atoms with E-state index in [0.29, 0.717) is 25.9 Å². The van der Waals surface area contributed by atoms with Gasteiger partial charge < -0.3 is 19.1 Å². The lowest BCUT2D eigenvalue weighted by Gasteiger charge is -2.32. The third-order valence-corrected chi connectivity index (χ3v) is 4.45. The molecule has 2 amide bonds. The molecule has 1 aliphatic heterocycles. The summed E-state index contributed by atoms with van der Waals surface area (Å²) in [4.78, 5) is 38.0. The number of esters is 1. The van der Waals surface area contributed by atoms with Crippen LogP contribution in [0.1, 0.15) is 39.2 Å². The minimum atomic E-state index is -0.735. The fourth-order valence-electron chi connectivity index (χ4n) is 2.95. The number of carbonyl (C=O) groups is 3. The highest BCUT2D eigenvalue weighted by atomic mass is 16.6. The Morgan fingerprint density at radius 3 is 2.33 bits per heavy atom. The van der Waals surface area contributed by atoms with E-state index in [0.717, 1.165) is 5.56 Å². The van der Waals surface area contributed by atoms with Crippen molar-refractivity contribution in [2.24, 2.45) is 5.92 Å². The first kappa shape index (κ1) is 23.3. The number of alkyl carbamates (subject to hydrolysis) is 1. The van der Waals surface area contributed by atoms with Gasteiger partial charge in [-0.25, -0.2) is 14.4 Å². The molecule has 0 bridgehead atoms. The van der Waals surface area contributed by atoms with Crippen molar-refractivity contribution in [3.05, 3.63) is 47.7 Å². The molecule has 1 aliphatic rings. The summed E-state index contributed by atoms with van der Waals surface area (Å²) in [6, 6.07) is 9.24. The summed E-state index contributed by atoms with van der Waals surface area (Å²) in [5.41, 5.74) is 0.327. The fraction of sp³-hybridized carbons (Fsp3) is 0.500. The number of benzene rings is 1. The molecule has 0 saturated carbocycles. The van der Waals surface area contributed by atoms with E-state index in [2.05, 4.69) is 5.32 Å². The van der Waals surface area contributed by atoms with Crippen LogP contribution in [0.5, 0.6) is 0 Å². The molecule has 164 valence electrons. The minimum Gasteiger partial charge on any atom is -0.464 e. The number of nitrogens with one attached hydrogen (secondary N) is 1. The maximum absolute atomic E-state index is 12.2. The smallest absolute Gasteiger partial charge is 0.412 e. The summed E-state index contributed by atoms with van der Waals surface area (Å²) < 4.78 is 15.3. The summed E-state index contributed by atoms with van der Waals surface area (Å²) in [6.45, 7) is 6.57. The van der Waals surface area contributed by atoms with Gasteiger partial charge >= 0.3 is 18.2 Å². The third-order valence-electron chi connectivity index (χ3n) is 4.45. The molecule has 0 aliphatic carbocycles. The number of piperidine rings is 1. The number of hydrogen-bond acceptors (Lipinski definition) is 6. The van der Waals surface area contributed by atoms with E-state index >= 15 is 0 Å². The Kier molecular flexibility index (Phi) is 8.26. The third kappa shape index (κ3) is 7.77. The van der Waals surface area contributed by atoms with E-state index in [1.54, 1.807) is 11.0 Å². The number of allylic oxidation sites excluding steroid dienone is 1. The highest BCUT2D eigenvalue weighted by Crippen LogP contribution is 2.22. The zero-order valence-electron chi connectivity index (χ0n) is 18.0. The molecule has 0 atom stereocenters. The van der Waals surface area contributed by atoms with Crippen LogP contribution in [0.4, 0.5) is 9.59 Å². The molecule has 1 heterocycles. The molecule has 1 fully saturated rings. The Balaban J connectivity index is 1.91. The highest BCUT2D eigenvalue weighted by molar-refractivity contribution is 5.92. The van der Waals surface area contributed by atoms with Crippen molar-refractivity contribution in [2.75, 3.05) is 20.2 Å². The van der Waals surface area contributed by atoms with Crippen LogP contribution in [-0.2, 0) is 25.6 Å². The average molecular weight is 418 g/mol. The van der Waals surface area contributed by atoms with Gasteiger partial charge in [0, 0.05) is 13.1 Å². The van der Waals surface area contributed by atoms with Crippen molar-refractivity contribution in [3.63, 3.8) is 0 Å². The Labute approximate surface area is 177 Å². The summed E-state index contributed by atoms with van der Waals surface area (Å²) in [7, 11) is 1.25. The monoisotopic (exact) mass is 418 g/mol.